The van der Waals surface area contributed by atoms with Crippen molar-refractivity contribution in [2.75, 3.05) is 38.2 Å². The molecule has 1 aromatic heterocycles. The normalized spacial score (nSPS) is 16.0. The quantitative estimate of drug-likeness (QED) is 0.355. The van der Waals surface area contributed by atoms with Crippen molar-refractivity contribution in [1.29, 1.82) is 0 Å². The summed E-state index contributed by atoms with van der Waals surface area (Å²) in [6, 6.07) is 10.3. The van der Waals surface area contributed by atoms with Gasteiger partial charge in [-0.1, -0.05) is 41.9 Å². The molecule has 3 heterocycles. The first kappa shape index (κ1) is 28.8. The lowest BCUT2D eigenvalue weighted by atomic mass is 10.1. The van der Waals surface area contributed by atoms with Crippen molar-refractivity contribution in [2.45, 2.75) is 44.5 Å². The molecule has 0 aliphatic carbocycles. The lowest BCUT2D eigenvalue weighted by Crippen LogP contribution is -2.37. The molecule has 5 rings (SSSR count). The zero-order valence-corrected chi connectivity index (χ0v) is 22.7. The SMILES string of the molecule is O=C(Nc1c(Cl)cc(-c2nn(C3CCN(CCCC(F)(F)F)CC3)c(=O)o2)c2c1OCCO2)OCc1ccccc1. The van der Waals surface area contributed by atoms with Gasteiger partial charge in [-0.2, -0.15) is 17.9 Å². The summed E-state index contributed by atoms with van der Waals surface area (Å²) in [7, 11) is 0. The lowest BCUT2D eigenvalue weighted by molar-refractivity contribution is -0.136. The Morgan fingerprint density at radius 3 is 2.54 bits per heavy atom. The summed E-state index contributed by atoms with van der Waals surface area (Å²) < 4.78 is 60.9. The third-order valence-corrected chi connectivity index (χ3v) is 7.14. The van der Waals surface area contributed by atoms with E-state index >= 15 is 0 Å². The molecule has 0 bridgehead atoms. The van der Waals surface area contributed by atoms with E-state index in [0.717, 1.165) is 5.56 Å². The molecule has 2 aliphatic heterocycles. The van der Waals surface area contributed by atoms with Crippen LogP contribution in [0.4, 0.5) is 23.7 Å². The molecule has 10 nitrogen and oxygen atoms in total. The van der Waals surface area contributed by atoms with Crippen LogP contribution in [0.1, 0.15) is 37.3 Å². The Morgan fingerprint density at radius 2 is 1.83 bits per heavy atom. The molecule has 41 heavy (non-hydrogen) atoms. The summed E-state index contributed by atoms with van der Waals surface area (Å²) in [5.74, 6) is -0.361. The van der Waals surface area contributed by atoms with Crippen LogP contribution in [-0.4, -0.2) is 59.8 Å². The van der Waals surface area contributed by atoms with Gasteiger partial charge in [0.1, 0.15) is 25.5 Å². The molecule has 1 N–H and O–H groups in total. The number of alkyl halides is 3. The minimum Gasteiger partial charge on any atom is -0.485 e. The molecule has 2 aromatic carbocycles. The molecule has 2 aliphatic rings. The summed E-state index contributed by atoms with van der Waals surface area (Å²) >= 11 is 6.52. The monoisotopic (exact) mass is 596 g/mol. The molecular weight excluding hydrogens is 569 g/mol. The summed E-state index contributed by atoms with van der Waals surface area (Å²) in [4.78, 5) is 27.2. The first-order valence-electron chi connectivity index (χ1n) is 13.2. The summed E-state index contributed by atoms with van der Waals surface area (Å²) in [5.41, 5.74) is 1.22. The van der Waals surface area contributed by atoms with Crippen LogP contribution >= 0.6 is 11.6 Å². The Hall–Kier alpha value is -3.71. The number of anilines is 1. The Labute approximate surface area is 237 Å². The van der Waals surface area contributed by atoms with Crippen LogP contribution in [0.25, 0.3) is 11.5 Å². The Balaban J connectivity index is 1.29. The van der Waals surface area contributed by atoms with E-state index in [4.69, 9.17) is 30.2 Å². The first-order chi connectivity index (χ1) is 19.7. The lowest BCUT2D eigenvalue weighted by Gasteiger charge is -2.31. The zero-order valence-electron chi connectivity index (χ0n) is 21.9. The molecule has 0 radical (unpaired) electrons. The molecule has 0 spiro atoms. The number of carbonyl (C=O) groups excluding carboxylic acids is 1. The molecule has 0 atom stereocenters. The van der Waals surface area contributed by atoms with E-state index in [1.807, 2.05) is 35.2 Å². The average Bonchev–Trinajstić information content (AvgIpc) is 3.34. The number of rotatable bonds is 8. The van der Waals surface area contributed by atoms with Gasteiger partial charge in [-0.05, 0) is 37.4 Å². The van der Waals surface area contributed by atoms with Crippen molar-refractivity contribution < 1.29 is 36.6 Å². The highest BCUT2D eigenvalue weighted by molar-refractivity contribution is 6.34. The smallest absolute Gasteiger partial charge is 0.437 e. The van der Waals surface area contributed by atoms with E-state index < -0.39 is 24.4 Å². The number of hydrogen-bond acceptors (Lipinski definition) is 8. The van der Waals surface area contributed by atoms with E-state index in [-0.39, 0.29) is 65.9 Å². The number of amides is 1. The van der Waals surface area contributed by atoms with Crippen LogP contribution in [0.2, 0.25) is 5.02 Å². The van der Waals surface area contributed by atoms with Crippen LogP contribution in [0.15, 0.2) is 45.6 Å². The van der Waals surface area contributed by atoms with Crippen molar-refractivity contribution in [3.05, 3.63) is 57.5 Å². The number of benzene rings is 2. The Bertz CT molecular complexity index is 1420. The van der Waals surface area contributed by atoms with Gasteiger partial charge < -0.3 is 23.5 Å². The third-order valence-electron chi connectivity index (χ3n) is 6.84. The number of aromatic nitrogens is 2. The topological polar surface area (TPSA) is 108 Å². The van der Waals surface area contributed by atoms with Crippen molar-refractivity contribution in [1.82, 2.24) is 14.7 Å². The fraction of sp³-hybridized carbons (Fsp3) is 0.444. The van der Waals surface area contributed by atoms with Gasteiger partial charge in [-0.25, -0.2) is 9.59 Å². The average molecular weight is 597 g/mol. The largest absolute Gasteiger partial charge is 0.485 e. The van der Waals surface area contributed by atoms with Gasteiger partial charge in [0, 0.05) is 19.5 Å². The number of nitrogens with zero attached hydrogens (tertiary/aromatic N) is 3. The number of piperidine rings is 1. The van der Waals surface area contributed by atoms with Gasteiger partial charge in [0.2, 0.25) is 0 Å². The minimum atomic E-state index is -4.17. The van der Waals surface area contributed by atoms with Crippen molar-refractivity contribution >= 4 is 23.4 Å². The predicted molar refractivity (Wildman–Crippen MR) is 142 cm³/mol. The second-order valence-corrected chi connectivity index (χ2v) is 10.1. The molecule has 0 unspecified atom stereocenters. The van der Waals surface area contributed by atoms with Crippen LogP contribution < -0.4 is 20.5 Å². The number of carbonyl (C=O) groups is 1. The molecule has 14 heteroatoms. The van der Waals surface area contributed by atoms with Crippen molar-refractivity contribution in [3.63, 3.8) is 0 Å². The van der Waals surface area contributed by atoms with E-state index in [2.05, 4.69) is 10.4 Å². The molecule has 1 amide bonds. The van der Waals surface area contributed by atoms with Crippen LogP contribution in [0.5, 0.6) is 11.5 Å². The van der Waals surface area contributed by atoms with Gasteiger partial charge in [-0.15, -0.1) is 5.10 Å². The van der Waals surface area contributed by atoms with Gasteiger partial charge >= 0.3 is 18.0 Å². The van der Waals surface area contributed by atoms with Crippen molar-refractivity contribution in [2.24, 2.45) is 0 Å². The van der Waals surface area contributed by atoms with Gasteiger partial charge in [-0.3, -0.25) is 5.32 Å². The van der Waals surface area contributed by atoms with Gasteiger partial charge in [0.05, 0.1) is 16.6 Å². The molecule has 220 valence electrons. The van der Waals surface area contributed by atoms with Gasteiger partial charge in [0.15, 0.2) is 11.5 Å². The second kappa shape index (κ2) is 12.4. The summed E-state index contributed by atoms with van der Waals surface area (Å²) in [5, 5.41) is 7.08. The number of halogens is 4. The fourth-order valence-corrected chi connectivity index (χ4v) is 5.07. The maximum Gasteiger partial charge on any atom is 0.437 e. The number of nitrogens with one attached hydrogen (secondary N) is 1. The molecule has 1 fully saturated rings. The van der Waals surface area contributed by atoms with E-state index in [1.54, 1.807) is 0 Å². The standard InChI is InChI=1S/C27H28ClF3N4O6/c28-20-15-19(22-23(39-14-13-38-22)21(20)32-25(36)40-16-17-5-2-1-3-6-17)24-33-35(26(37)41-24)18-7-11-34(12-8-18)10-4-9-27(29,30)31/h1-3,5-6,15,18H,4,7-14,16H2,(H,32,36). The number of hydrogen-bond donors (Lipinski definition) is 1. The predicted octanol–water partition coefficient (Wildman–Crippen LogP) is 5.66. The molecule has 0 saturated carbocycles. The molecule has 1 saturated heterocycles. The van der Waals surface area contributed by atoms with Gasteiger partial charge in [0.25, 0.3) is 5.89 Å². The Morgan fingerprint density at radius 1 is 1.12 bits per heavy atom. The highest BCUT2D eigenvalue weighted by atomic mass is 35.5. The maximum absolute atomic E-state index is 12.7. The highest BCUT2D eigenvalue weighted by Crippen LogP contribution is 2.48. The van der Waals surface area contributed by atoms with Crippen molar-refractivity contribution in [3.8, 4) is 23.0 Å². The summed E-state index contributed by atoms with van der Waals surface area (Å²) in [6.07, 6.45) is -4.64. The third kappa shape index (κ3) is 7.14. The van der Waals surface area contributed by atoms with E-state index in [0.29, 0.717) is 32.5 Å². The number of ether oxygens (including phenoxy) is 3. The minimum absolute atomic E-state index is 0.0335. The van der Waals surface area contributed by atoms with Crippen LogP contribution in [-0.2, 0) is 11.3 Å². The molecule has 3 aromatic rings. The second-order valence-electron chi connectivity index (χ2n) is 9.73. The first-order valence-corrected chi connectivity index (χ1v) is 13.5. The maximum atomic E-state index is 12.7. The van der Waals surface area contributed by atoms with E-state index in [9.17, 15) is 22.8 Å². The summed E-state index contributed by atoms with van der Waals surface area (Å²) in [6.45, 7) is 1.87. The fourth-order valence-electron chi connectivity index (χ4n) is 4.83. The van der Waals surface area contributed by atoms with E-state index in [1.165, 1.54) is 10.7 Å². The Kier molecular flexibility index (Phi) is 8.74. The number of likely N-dealkylation sites (tertiary alicyclic amines) is 1. The zero-order chi connectivity index (χ0) is 29.0. The van der Waals surface area contributed by atoms with Crippen LogP contribution in [0.3, 0.4) is 0 Å². The molecular formula is C27H28ClF3N4O6. The highest BCUT2D eigenvalue weighted by Gasteiger charge is 2.31. The number of fused-ring (bicyclic) bond motifs is 1. The van der Waals surface area contributed by atoms with Crippen LogP contribution in [0, 0.1) is 0 Å².